The van der Waals surface area contributed by atoms with Gasteiger partial charge in [0.25, 0.3) is 0 Å². The molecule has 0 aromatic carbocycles. The van der Waals surface area contributed by atoms with Crippen LogP contribution in [0.15, 0.2) is 72.9 Å². The van der Waals surface area contributed by atoms with Gasteiger partial charge >= 0.3 is 238 Å². The first-order chi connectivity index (χ1) is 17.6. The van der Waals surface area contributed by atoms with Gasteiger partial charge in [-0.25, -0.2) is 0 Å². The van der Waals surface area contributed by atoms with Crippen molar-refractivity contribution in [3.63, 3.8) is 0 Å². The molecule has 0 unspecified atom stereocenters. The quantitative estimate of drug-likeness (QED) is 0.124. The average molecular weight is 733 g/mol. The van der Waals surface area contributed by atoms with E-state index in [0.717, 1.165) is 0 Å². The Labute approximate surface area is 235 Å². The van der Waals surface area contributed by atoms with Crippen LogP contribution < -0.4 is 19.6 Å². The Balaban J connectivity index is 0.000000270. The molecule has 36 heavy (non-hydrogen) atoms. The van der Waals surface area contributed by atoms with E-state index in [9.17, 15) is 28.8 Å². The second-order valence-electron chi connectivity index (χ2n) is 6.70. The molecule has 189 valence electrons. The van der Waals surface area contributed by atoms with Crippen LogP contribution in [0.25, 0.3) is 0 Å². The molecular formula is C21H27N6O6Zr3. The van der Waals surface area contributed by atoms with E-state index in [1.165, 1.54) is 0 Å². The standard InChI is InChI=1S/3C5H5.6CH3NO.3Zr/c3*1-2-4-5-3-1;6*2-1-3;;;/h3*1-5H;6*1H,(H2,2,3);;;/q;;;;;;;;;3*+2/p-6. The summed E-state index contributed by atoms with van der Waals surface area (Å²) in [5, 5.41) is 0. The molecule has 0 saturated carbocycles. The van der Waals surface area contributed by atoms with E-state index in [2.05, 4.69) is 19.6 Å². The summed E-state index contributed by atoms with van der Waals surface area (Å²) in [7, 11) is 0. The van der Waals surface area contributed by atoms with E-state index >= 15 is 0 Å². The molecule has 0 aromatic rings. The first-order valence-electron chi connectivity index (χ1n) is 10.5. The number of carbonyl (C=O) groups is 6. The molecule has 0 aliphatic heterocycles. The van der Waals surface area contributed by atoms with E-state index in [-0.39, 0.29) is 10.9 Å². The van der Waals surface area contributed by atoms with E-state index in [0.29, 0.717) is 38.5 Å². The predicted octanol–water partition coefficient (Wildman–Crippen LogP) is -0.477. The molecule has 0 heterocycles. The van der Waals surface area contributed by atoms with Crippen molar-refractivity contribution in [2.24, 2.45) is 0 Å². The van der Waals surface area contributed by atoms with Crippen LogP contribution in [-0.2, 0) is 95.8 Å². The Hall–Kier alpha value is -2.09. The molecule has 0 spiro atoms. The molecule has 3 aliphatic rings. The van der Waals surface area contributed by atoms with Gasteiger partial charge in [0.2, 0.25) is 0 Å². The zero-order chi connectivity index (χ0) is 26.4. The van der Waals surface area contributed by atoms with E-state index in [1.807, 2.05) is 72.9 Å². The second-order valence-corrected chi connectivity index (χ2v) is 22.0. The molecule has 6 N–H and O–H groups in total. The molecule has 0 radical (unpaired) electrons. The third-order valence-corrected chi connectivity index (χ3v) is 18.6. The minimum atomic E-state index is -2.26. The normalized spacial score (nSPS) is 14.3. The Morgan fingerprint density at radius 2 is 0.528 bits per heavy atom. The van der Waals surface area contributed by atoms with Gasteiger partial charge in [-0.05, 0) is 0 Å². The van der Waals surface area contributed by atoms with E-state index in [4.69, 9.17) is 0 Å². The number of allylic oxidation sites excluding steroid dienone is 12. The van der Waals surface area contributed by atoms with Gasteiger partial charge in [0.1, 0.15) is 0 Å². The molecule has 0 fully saturated rings. The van der Waals surface area contributed by atoms with Crippen molar-refractivity contribution in [1.29, 1.82) is 0 Å². The molecule has 0 saturated heterocycles. The monoisotopic (exact) mass is 729 g/mol. The third kappa shape index (κ3) is 12.7. The van der Waals surface area contributed by atoms with Crippen molar-refractivity contribution in [1.82, 2.24) is 19.6 Å². The minimum absolute atomic E-state index is 0.253. The summed E-state index contributed by atoms with van der Waals surface area (Å²) in [5.41, 5.74) is 0. The fourth-order valence-electron chi connectivity index (χ4n) is 2.96. The molecule has 0 atom stereocenters. The molecule has 12 nitrogen and oxygen atoms in total. The molecule has 0 aromatic heterocycles. The molecule has 0 bridgehead atoms. The Morgan fingerprint density at radius 1 is 0.361 bits per heavy atom. The zero-order valence-electron chi connectivity index (χ0n) is 19.1. The topological polar surface area (TPSA) is 175 Å². The summed E-state index contributed by atoms with van der Waals surface area (Å²) in [4.78, 5) is 61.1. The van der Waals surface area contributed by atoms with Gasteiger partial charge in [-0.15, -0.1) is 0 Å². The van der Waals surface area contributed by atoms with Crippen LogP contribution in [0.3, 0.4) is 0 Å². The Bertz CT molecular complexity index is 730. The van der Waals surface area contributed by atoms with Gasteiger partial charge in [0, 0.05) is 0 Å². The molecule has 3 rings (SSSR count). The average Bonchev–Trinajstić information content (AvgIpc) is 3.68. The maximum atomic E-state index is 10.2. The van der Waals surface area contributed by atoms with Crippen molar-refractivity contribution < 1.29 is 95.8 Å². The predicted molar refractivity (Wildman–Crippen MR) is 121 cm³/mol. The van der Waals surface area contributed by atoms with Crippen molar-refractivity contribution in [2.45, 2.75) is 10.9 Å². The van der Waals surface area contributed by atoms with Crippen LogP contribution in [0, 0.1) is 0 Å². The van der Waals surface area contributed by atoms with Gasteiger partial charge in [0.15, 0.2) is 0 Å². The van der Waals surface area contributed by atoms with Crippen LogP contribution in [-0.4, -0.2) is 38.5 Å². The number of carbonyl (C=O) groups excluding carboxylic acids is 6. The molecule has 6 amide bonds. The van der Waals surface area contributed by atoms with Crippen molar-refractivity contribution in [3.8, 4) is 0 Å². The summed E-state index contributed by atoms with van der Waals surface area (Å²) >= 11 is -6.78. The van der Waals surface area contributed by atoms with Gasteiger partial charge in [0.05, 0.1) is 0 Å². The first kappa shape index (κ1) is 31.9. The number of hydrogen-bond donors (Lipinski definition) is 6. The van der Waals surface area contributed by atoms with Gasteiger partial charge in [-0.3, -0.25) is 0 Å². The fraction of sp³-hybridized carbons (Fsp3) is 0.143. The summed E-state index contributed by atoms with van der Waals surface area (Å²) < 4.78 is 16.9. The molecule has 3 aliphatic carbocycles. The first-order valence-corrected chi connectivity index (χ1v) is 22.1. The van der Waals surface area contributed by atoms with Gasteiger partial charge in [-0.2, -0.15) is 0 Å². The number of nitrogens with one attached hydrogen (secondary N) is 6. The summed E-state index contributed by atoms with van der Waals surface area (Å²) in [6.07, 6.45) is 27.4. The van der Waals surface area contributed by atoms with E-state index < -0.39 is 67.0 Å². The number of rotatable bonds is 15. The zero-order valence-corrected chi connectivity index (χ0v) is 26.4. The summed E-state index contributed by atoms with van der Waals surface area (Å²) in [6.45, 7) is 0. The van der Waals surface area contributed by atoms with Gasteiger partial charge in [-0.1, -0.05) is 0 Å². The van der Waals surface area contributed by atoms with Crippen molar-refractivity contribution >= 4 is 38.5 Å². The van der Waals surface area contributed by atoms with Crippen LogP contribution in [0.4, 0.5) is 0 Å². The van der Waals surface area contributed by atoms with Crippen molar-refractivity contribution in [3.05, 3.63) is 72.9 Å². The maximum absolute atomic E-state index is 10.2. The summed E-state index contributed by atoms with van der Waals surface area (Å²) in [6, 6.07) is 0. The van der Waals surface area contributed by atoms with Crippen molar-refractivity contribution in [2.75, 3.05) is 0 Å². The number of hydrogen-bond acceptors (Lipinski definition) is 6. The van der Waals surface area contributed by atoms with Crippen LogP contribution in [0.5, 0.6) is 0 Å². The van der Waals surface area contributed by atoms with E-state index in [1.54, 1.807) is 0 Å². The van der Waals surface area contributed by atoms with Crippen LogP contribution in [0.2, 0.25) is 10.9 Å². The summed E-state index contributed by atoms with van der Waals surface area (Å²) in [5.74, 6) is 0. The Morgan fingerprint density at radius 3 is 0.667 bits per heavy atom. The van der Waals surface area contributed by atoms with Crippen LogP contribution in [0.1, 0.15) is 0 Å². The third-order valence-electron chi connectivity index (χ3n) is 4.53. The fourth-order valence-corrected chi connectivity index (χ4v) is 12.8. The number of amides is 6. The molecular weight excluding hydrogens is 706 g/mol. The van der Waals surface area contributed by atoms with Gasteiger partial charge < -0.3 is 0 Å². The Kier molecular flexibility index (Phi) is 18.7. The second kappa shape index (κ2) is 21.0. The van der Waals surface area contributed by atoms with Crippen LogP contribution >= 0.6 is 0 Å². The molecule has 15 heteroatoms. The SMILES string of the molecule is O=C[NH][Zr]([NH]C=O)[CH]1C=CC=C1.O=C[NH][Zr]([NH]C=O)[CH]1C=CC=C1.O=C[NH][Zr]([NH]C=O)[CH]1C=CC=C1.